The van der Waals surface area contributed by atoms with Crippen LogP contribution >= 0.6 is 15.9 Å². The van der Waals surface area contributed by atoms with E-state index in [1.807, 2.05) is 12.1 Å². The van der Waals surface area contributed by atoms with Crippen molar-refractivity contribution in [2.45, 2.75) is 13.3 Å². The third-order valence-corrected chi connectivity index (χ3v) is 3.37. The normalized spacial score (nSPS) is 10.1. The van der Waals surface area contributed by atoms with Gasteiger partial charge in [0.1, 0.15) is 17.6 Å². The number of benzene rings is 1. The molecule has 2 rings (SSSR count). The summed E-state index contributed by atoms with van der Waals surface area (Å²) >= 11 is 3.45. The van der Waals surface area contributed by atoms with Crippen molar-refractivity contribution in [3.05, 3.63) is 56.0 Å². The fourth-order valence-corrected chi connectivity index (χ4v) is 2.25. The van der Waals surface area contributed by atoms with E-state index in [0.717, 1.165) is 10.9 Å². The van der Waals surface area contributed by atoms with Gasteiger partial charge in [-0.1, -0.05) is 22.0 Å². The van der Waals surface area contributed by atoms with Crippen molar-refractivity contribution < 1.29 is 0 Å². The molecule has 0 bridgehead atoms. The summed E-state index contributed by atoms with van der Waals surface area (Å²) in [5.74, 6) is 0.415. The number of nitrogens with zero attached hydrogens (tertiary/aromatic N) is 2. The van der Waals surface area contributed by atoms with E-state index in [4.69, 9.17) is 5.26 Å². The van der Waals surface area contributed by atoms with Crippen LogP contribution in [0.1, 0.15) is 16.8 Å². The maximum atomic E-state index is 11.2. The Morgan fingerprint density at radius 1 is 1.45 bits per heavy atom. The number of hydrogen-bond donors (Lipinski definition) is 2. The van der Waals surface area contributed by atoms with Crippen LogP contribution < -0.4 is 11.0 Å². The number of nitriles is 1. The monoisotopic (exact) mass is 332 g/mol. The van der Waals surface area contributed by atoms with Crippen molar-refractivity contribution in [3.63, 3.8) is 0 Å². The lowest BCUT2D eigenvalue weighted by Gasteiger charge is -2.08. The predicted octanol–water partition coefficient (Wildman–Crippen LogP) is 2.37. The molecule has 0 fully saturated rings. The fourth-order valence-electron chi connectivity index (χ4n) is 1.84. The molecule has 20 heavy (non-hydrogen) atoms. The van der Waals surface area contributed by atoms with Gasteiger partial charge in [0, 0.05) is 17.1 Å². The number of aromatic amines is 1. The minimum atomic E-state index is -0.523. The van der Waals surface area contributed by atoms with Crippen molar-refractivity contribution >= 4 is 21.7 Å². The fraction of sp³-hybridized carbons (Fsp3) is 0.214. The van der Waals surface area contributed by atoms with Gasteiger partial charge in [0.25, 0.3) is 0 Å². The highest BCUT2D eigenvalue weighted by atomic mass is 79.9. The van der Waals surface area contributed by atoms with E-state index in [2.05, 4.69) is 50.3 Å². The van der Waals surface area contributed by atoms with Crippen LogP contribution in [0.5, 0.6) is 0 Å². The van der Waals surface area contributed by atoms with Gasteiger partial charge in [0.2, 0.25) is 0 Å². The van der Waals surface area contributed by atoms with Crippen molar-refractivity contribution in [2.24, 2.45) is 0 Å². The maximum Gasteiger partial charge on any atom is 0.347 e. The number of halogens is 1. The highest BCUT2D eigenvalue weighted by Gasteiger charge is 2.02. The van der Waals surface area contributed by atoms with Gasteiger partial charge in [-0.2, -0.15) is 10.2 Å². The number of aromatic nitrogens is 2. The summed E-state index contributed by atoms with van der Waals surface area (Å²) in [6.45, 7) is 2.69. The van der Waals surface area contributed by atoms with Gasteiger partial charge in [-0.15, -0.1) is 0 Å². The summed E-state index contributed by atoms with van der Waals surface area (Å²) in [4.78, 5) is 17.4. The molecule has 0 unspecified atom stereocenters. The van der Waals surface area contributed by atoms with Gasteiger partial charge in [-0.05, 0) is 36.6 Å². The third-order valence-electron chi connectivity index (χ3n) is 2.88. The molecule has 0 saturated carbocycles. The SMILES string of the molecule is Cc1ccc(Br)cc1CCNc1cc(C#N)[nH]c(=O)n1. The lowest BCUT2D eigenvalue weighted by Crippen LogP contribution is -2.16. The van der Waals surface area contributed by atoms with Crippen LogP contribution in [-0.4, -0.2) is 16.5 Å². The van der Waals surface area contributed by atoms with Gasteiger partial charge < -0.3 is 5.32 Å². The maximum absolute atomic E-state index is 11.2. The highest BCUT2D eigenvalue weighted by molar-refractivity contribution is 9.10. The molecule has 0 aliphatic carbocycles. The van der Waals surface area contributed by atoms with Crippen LogP contribution in [0.3, 0.4) is 0 Å². The molecule has 2 aromatic rings. The summed E-state index contributed by atoms with van der Waals surface area (Å²) < 4.78 is 1.04. The Balaban J connectivity index is 2.03. The molecule has 6 heteroatoms. The molecular weight excluding hydrogens is 320 g/mol. The summed E-state index contributed by atoms with van der Waals surface area (Å²) in [7, 11) is 0. The van der Waals surface area contributed by atoms with E-state index in [1.54, 1.807) is 0 Å². The second kappa shape index (κ2) is 6.35. The first-order chi connectivity index (χ1) is 9.58. The molecule has 0 aliphatic rings. The van der Waals surface area contributed by atoms with Crippen molar-refractivity contribution in [3.8, 4) is 6.07 Å². The zero-order valence-corrected chi connectivity index (χ0v) is 12.5. The second-order valence-electron chi connectivity index (χ2n) is 4.34. The molecule has 102 valence electrons. The molecule has 0 amide bonds. The molecule has 2 N–H and O–H groups in total. The van der Waals surface area contributed by atoms with E-state index < -0.39 is 5.69 Å². The van der Waals surface area contributed by atoms with Crippen molar-refractivity contribution in [1.29, 1.82) is 5.26 Å². The zero-order chi connectivity index (χ0) is 14.5. The number of aryl methyl sites for hydroxylation is 1. The Morgan fingerprint density at radius 2 is 2.25 bits per heavy atom. The lowest BCUT2D eigenvalue weighted by molar-refractivity contribution is 0.971. The third kappa shape index (κ3) is 3.68. The van der Waals surface area contributed by atoms with Gasteiger partial charge in [-0.3, -0.25) is 4.98 Å². The minimum absolute atomic E-state index is 0.200. The van der Waals surface area contributed by atoms with Crippen molar-refractivity contribution in [1.82, 2.24) is 9.97 Å². The molecule has 0 aliphatic heterocycles. The second-order valence-corrected chi connectivity index (χ2v) is 5.26. The molecule has 0 spiro atoms. The smallest absolute Gasteiger partial charge is 0.347 e. The summed E-state index contributed by atoms with van der Waals surface area (Å²) in [5, 5.41) is 11.8. The molecular formula is C14H13BrN4O. The Hall–Kier alpha value is -2.13. The standard InChI is InChI=1S/C14H13BrN4O/c1-9-2-3-11(15)6-10(9)4-5-17-13-7-12(8-16)18-14(20)19-13/h2-3,6-7H,4-5H2,1H3,(H2,17,18,19,20). The van der Waals surface area contributed by atoms with Crippen LogP contribution in [0.4, 0.5) is 5.82 Å². The van der Waals surface area contributed by atoms with Gasteiger partial charge in [-0.25, -0.2) is 4.79 Å². The first-order valence-corrected chi connectivity index (χ1v) is 6.88. The van der Waals surface area contributed by atoms with E-state index in [9.17, 15) is 4.79 Å². The Kier molecular flexibility index (Phi) is 4.53. The molecule has 0 radical (unpaired) electrons. The van der Waals surface area contributed by atoms with Gasteiger partial charge in [0.15, 0.2) is 0 Å². The summed E-state index contributed by atoms with van der Waals surface area (Å²) in [5.41, 5.74) is 2.11. The van der Waals surface area contributed by atoms with Crippen LogP contribution in [0.2, 0.25) is 0 Å². The summed E-state index contributed by atoms with van der Waals surface area (Å²) in [6.07, 6.45) is 0.807. The van der Waals surface area contributed by atoms with E-state index >= 15 is 0 Å². The van der Waals surface area contributed by atoms with E-state index in [1.165, 1.54) is 17.2 Å². The lowest BCUT2D eigenvalue weighted by atomic mass is 10.1. The van der Waals surface area contributed by atoms with E-state index in [-0.39, 0.29) is 5.69 Å². The Labute approximate surface area is 124 Å². The minimum Gasteiger partial charge on any atom is -0.369 e. The predicted molar refractivity (Wildman–Crippen MR) is 80.6 cm³/mol. The Morgan fingerprint density at radius 3 is 3.00 bits per heavy atom. The van der Waals surface area contributed by atoms with Crippen LogP contribution in [0, 0.1) is 18.3 Å². The van der Waals surface area contributed by atoms with E-state index in [0.29, 0.717) is 12.4 Å². The van der Waals surface area contributed by atoms with Gasteiger partial charge >= 0.3 is 5.69 Å². The quantitative estimate of drug-likeness (QED) is 0.900. The molecule has 5 nitrogen and oxygen atoms in total. The van der Waals surface area contributed by atoms with Crippen LogP contribution in [-0.2, 0) is 6.42 Å². The molecule has 0 saturated heterocycles. The highest BCUT2D eigenvalue weighted by Crippen LogP contribution is 2.16. The first-order valence-electron chi connectivity index (χ1n) is 6.09. The largest absolute Gasteiger partial charge is 0.369 e. The number of nitrogens with one attached hydrogen (secondary N) is 2. The number of H-pyrrole nitrogens is 1. The van der Waals surface area contributed by atoms with Gasteiger partial charge in [0.05, 0.1) is 0 Å². The molecule has 0 atom stereocenters. The molecule has 1 aromatic heterocycles. The molecule has 1 aromatic carbocycles. The van der Waals surface area contributed by atoms with Crippen LogP contribution in [0.25, 0.3) is 0 Å². The summed E-state index contributed by atoms with van der Waals surface area (Å²) in [6, 6.07) is 9.54. The average molecular weight is 333 g/mol. The number of hydrogen-bond acceptors (Lipinski definition) is 4. The van der Waals surface area contributed by atoms with Crippen LogP contribution in [0.15, 0.2) is 33.5 Å². The topological polar surface area (TPSA) is 81.6 Å². The number of anilines is 1. The number of rotatable bonds is 4. The first kappa shape index (κ1) is 14.3. The Bertz CT molecular complexity index is 718. The zero-order valence-electron chi connectivity index (χ0n) is 10.9. The van der Waals surface area contributed by atoms with Crippen molar-refractivity contribution in [2.75, 3.05) is 11.9 Å². The molecule has 1 heterocycles. The average Bonchev–Trinajstić information content (AvgIpc) is 2.42.